The number of oxime groups is 1. The molecule has 0 radical (unpaired) electrons. The first-order chi connectivity index (χ1) is 13.1. The van der Waals surface area contributed by atoms with Crippen LogP contribution in [-0.4, -0.2) is 44.1 Å². The van der Waals surface area contributed by atoms with Gasteiger partial charge in [-0.2, -0.15) is 0 Å². The zero-order chi connectivity index (χ0) is 19.3. The molecule has 6 heteroatoms. The van der Waals surface area contributed by atoms with E-state index in [0.29, 0.717) is 26.1 Å². The highest BCUT2D eigenvalue weighted by atomic mass is 16.6. The number of carbonyl (C=O) groups is 1. The van der Waals surface area contributed by atoms with Gasteiger partial charge in [-0.15, -0.1) is 0 Å². The number of nitrogens with zero attached hydrogens (tertiary/aromatic N) is 1. The van der Waals surface area contributed by atoms with Crippen molar-refractivity contribution in [3.05, 3.63) is 29.8 Å². The largest absolute Gasteiger partial charge is 0.496 e. The van der Waals surface area contributed by atoms with Crippen LogP contribution in [-0.2, 0) is 14.4 Å². The zero-order valence-electron chi connectivity index (χ0n) is 16.5. The highest BCUT2D eigenvalue weighted by Gasteiger charge is 2.44. The van der Waals surface area contributed by atoms with Gasteiger partial charge in [-0.3, -0.25) is 4.79 Å². The van der Waals surface area contributed by atoms with E-state index >= 15 is 0 Å². The fraction of sp³-hybridized carbons (Fsp3) is 0.619. The number of hydrogen-bond donors (Lipinski definition) is 1. The average Bonchev–Trinajstić information content (AvgIpc) is 3.16. The van der Waals surface area contributed by atoms with E-state index in [1.54, 1.807) is 7.11 Å². The van der Waals surface area contributed by atoms with Crippen molar-refractivity contribution in [3.8, 4) is 5.75 Å². The maximum absolute atomic E-state index is 13.0. The summed E-state index contributed by atoms with van der Waals surface area (Å²) in [7, 11) is 1.66. The lowest BCUT2D eigenvalue weighted by Crippen LogP contribution is -2.48. The highest BCUT2D eigenvalue weighted by molar-refractivity contribution is 6.03. The number of rotatable bonds is 7. The van der Waals surface area contributed by atoms with E-state index in [1.165, 1.54) is 0 Å². The molecular weight excluding hydrogens is 344 g/mol. The fourth-order valence-corrected chi connectivity index (χ4v) is 3.78. The van der Waals surface area contributed by atoms with Crippen LogP contribution < -0.4 is 10.1 Å². The molecule has 1 aromatic rings. The highest BCUT2D eigenvalue weighted by Crippen LogP contribution is 2.39. The number of ether oxygens (including phenoxy) is 2. The van der Waals surface area contributed by atoms with Crippen molar-refractivity contribution in [1.82, 2.24) is 5.32 Å². The summed E-state index contributed by atoms with van der Waals surface area (Å²) >= 11 is 0. The van der Waals surface area contributed by atoms with Gasteiger partial charge in [0.15, 0.2) is 0 Å². The molecule has 1 amide bonds. The van der Waals surface area contributed by atoms with Crippen LogP contribution in [0.4, 0.5) is 0 Å². The quantitative estimate of drug-likeness (QED) is 0.795. The van der Waals surface area contributed by atoms with E-state index in [1.807, 2.05) is 31.2 Å². The van der Waals surface area contributed by atoms with Crippen molar-refractivity contribution >= 4 is 11.6 Å². The van der Waals surface area contributed by atoms with Crippen molar-refractivity contribution in [2.75, 3.05) is 20.3 Å². The van der Waals surface area contributed by atoms with Gasteiger partial charge in [0.1, 0.15) is 11.9 Å². The standard InChI is InChI=1S/C21H30N2O4/c1-4-15(2)22-20(24)21(9-11-26-12-10-21)14-16-13-18(23-27-16)17-7-5-6-8-19(17)25-3/h5-8,15-16H,4,9-14H2,1-3H3,(H,22,24). The molecule has 2 atom stereocenters. The Kier molecular flexibility index (Phi) is 6.37. The van der Waals surface area contributed by atoms with Crippen LogP contribution >= 0.6 is 0 Å². The van der Waals surface area contributed by atoms with Crippen molar-refractivity contribution in [1.29, 1.82) is 0 Å². The molecule has 2 aliphatic rings. The smallest absolute Gasteiger partial charge is 0.226 e. The molecule has 1 fully saturated rings. The lowest BCUT2D eigenvalue weighted by atomic mass is 9.74. The van der Waals surface area contributed by atoms with Crippen molar-refractivity contribution in [3.63, 3.8) is 0 Å². The maximum Gasteiger partial charge on any atom is 0.226 e. The summed E-state index contributed by atoms with van der Waals surface area (Å²) in [5, 5.41) is 7.47. The van der Waals surface area contributed by atoms with Crippen LogP contribution in [0, 0.1) is 5.41 Å². The SMILES string of the molecule is CCC(C)NC(=O)C1(CC2CC(c3ccccc3OC)=NO2)CCOCC1. The molecule has 0 aromatic heterocycles. The second-order valence-corrected chi connectivity index (χ2v) is 7.55. The van der Waals surface area contributed by atoms with Crippen LogP contribution in [0.3, 0.4) is 0 Å². The minimum atomic E-state index is -0.446. The molecule has 3 rings (SSSR count). The van der Waals surface area contributed by atoms with E-state index in [9.17, 15) is 4.79 Å². The average molecular weight is 374 g/mol. The molecule has 148 valence electrons. The van der Waals surface area contributed by atoms with Crippen LogP contribution in [0.1, 0.15) is 51.5 Å². The van der Waals surface area contributed by atoms with Gasteiger partial charge in [0.2, 0.25) is 5.91 Å². The molecule has 0 bridgehead atoms. The Bertz CT molecular complexity index is 683. The molecule has 2 aliphatic heterocycles. The number of carbonyl (C=O) groups excluding carboxylic acids is 1. The third-order valence-electron chi connectivity index (χ3n) is 5.69. The number of nitrogens with one attached hydrogen (secondary N) is 1. The van der Waals surface area contributed by atoms with Gasteiger partial charge in [-0.1, -0.05) is 24.2 Å². The maximum atomic E-state index is 13.0. The fourth-order valence-electron chi connectivity index (χ4n) is 3.78. The summed E-state index contributed by atoms with van der Waals surface area (Å²) in [5.74, 6) is 0.908. The lowest BCUT2D eigenvalue weighted by molar-refractivity contribution is -0.140. The normalized spacial score (nSPS) is 22.5. The predicted molar refractivity (Wildman–Crippen MR) is 104 cm³/mol. The van der Waals surface area contributed by atoms with Gasteiger partial charge < -0.3 is 19.6 Å². The van der Waals surface area contributed by atoms with E-state index < -0.39 is 5.41 Å². The topological polar surface area (TPSA) is 69.2 Å². The van der Waals surface area contributed by atoms with Crippen LogP contribution in [0.2, 0.25) is 0 Å². The Balaban J connectivity index is 1.70. The number of benzene rings is 1. The second kappa shape index (κ2) is 8.74. The summed E-state index contributed by atoms with van der Waals surface area (Å²) in [4.78, 5) is 18.8. The van der Waals surface area contributed by atoms with Crippen LogP contribution in [0.25, 0.3) is 0 Å². The van der Waals surface area contributed by atoms with E-state index in [-0.39, 0.29) is 18.1 Å². The zero-order valence-corrected chi connectivity index (χ0v) is 16.5. The molecule has 1 N–H and O–H groups in total. The molecule has 2 heterocycles. The van der Waals surface area contributed by atoms with Gasteiger partial charge in [-0.05, 0) is 38.3 Å². The molecule has 27 heavy (non-hydrogen) atoms. The van der Waals surface area contributed by atoms with Gasteiger partial charge in [-0.25, -0.2) is 0 Å². The Morgan fingerprint density at radius 2 is 2.11 bits per heavy atom. The van der Waals surface area contributed by atoms with Crippen LogP contribution in [0.5, 0.6) is 5.75 Å². The Hall–Kier alpha value is -2.08. The Morgan fingerprint density at radius 3 is 2.81 bits per heavy atom. The van der Waals surface area contributed by atoms with E-state index in [2.05, 4.69) is 17.4 Å². The molecule has 0 saturated carbocycles. The first kappa shape index (κ1) is 19.7. The molecule has 1 aromatic carbocycles. The molecule has 1 saturated heterocycles. The monoisotopic (exact) mass is 374 g/mol. The van der Waals surface area contributed by atoms with Crippen molar-refractivity contribution in [2.24, 2.45) is 10.6 Å². The van der Waals surface area contributed by atoms with Gasteiger partial charge in [0.05, 0.1) is 18.2 Å². The van der Waals surface area contributed by atoms with Crippen molar-refractivity contribution in [2.45, 2.75) is 58.1 Å². The van der Waals surface area contributed by atoms with Gasteiger partial charge >= 0.3 is 0 Å². The third-order valence-corrected chi connectivity index (χ3v) is 5.69. The van der Waals surface area contributed by atoms with Gasteiger partial charge in [0.25, 0.3) is 0 Å². The molecule has 0 spiro atoms. The molecular formula is C21H30N2O4. The number of amides is 1. The second-order valence-electron chi connectivity index (χ2n) is 7.55. The summed E-state index contributed by atoms with van der Waals surface area (Å²) in [5.41, 5.74) is 1.38. The summed E-state index contributed by atoms with van der Waals surface area (Å²) < 4.78 is 11.0. The molecule has 2 unspecified atom stereocenters. The third kappa shape index (κ3) is 4.43. The number of methoxy groups -OCH3 is 1. The lowest BCUT2D eigenvalue weighted by Gasteiger charge is -2.37. The minimum absolute atomic E-state index is 0.106. The van der Waals surface area contributed by atoms with Gasteiger partial charge in [0, 0.05) is 37.7 Å². The number of hydrogen-bond acceptors (Lipinski definition) is 5. The van der Waals surface area contributed by atoms with Crippen molar-refractivity contribution < 1.29 is 19.1 Å². The molecule has 0 aliphatic carbocycles. The summed E-state index contributed by atoms with van der Waals surface area (Å²) in [6, 6.07) is 7.98. The predicted octanol–water partition coefficient (Wildman–Crippen LogP) is 3.29. The Morgan fingerprint density at radius 1 is 1.37 bits per heavy atom. The van der Waals surface area contributed by atoms with Crippen LogP contribution in [0.15, 0.2) is 29.4 Å². The summed E-state index contributed by atoms with van der Waals surface area (Å²) in [6.45, 7) is 5.34. The first-order valence-electron chi connectivity index (χ1n) is 9.83. The Labute approximate surface area is 161 Å². The van der Waals surface area contributed by atoms with E-state index in [4.69, 9.17) is 14.3 Å². The van der Waals surface area contributed by atoms with E-state index in [0.717, 1.165) is 36.3 Å². The summed E-state index contributed by atoms with van der Waals surface area (Å²) in [6.07, 6.45) is 3.59. The molecule has 6 nitrogen and oxygen atoms in total. The minimum Gasteiger partial charge on any atom is -0.496 e. The number of para-hydroxylation sites is 1. The first-order valence-corrected chi connectivity index (χ1v) is 9.83.